The smallest absolute Gasteiger partial charge is 0.403 e. The molecular formula is C3H24Gd6O12P2+2. The summed E-state index contributed by atoms with van der Waals surface area (Å²) < 4.78 is 0. The van der Waals surface area contributed by atoms with Gasteiger partial charge in [0.05, 0.1) is 0 Å². The molecule has 0 bridgehead atoms. The molecule has 12 nitrogen and oxygen atoms in total. The molecule has 0 aliphatic rings. The van der Waals surface area contributed by atoms with Gasteiger partial charge in [0.15, 0.2) is 0 Å². The van der Waals surface area contributed by atoms with Crippen LogP contribution in [0.4, 0.5) is 0 Å². The molecule has 0 saturated carbocycles. The average Bonchev–Trinajstić information content (AvgIpc) is 1.55. The van der Waals surface area contributed by atoms with Crippen molar-refractivity contribution in [3.8, 4) is 0 Å². The third-order valence-corrected chi connectivity index (χ3v) is 2.75. The van der Waals surface area contributed by atoms with Gasteiger partial charge in [-0.15, -0.1) is 0 Å². The zero-order valence-electron chi connectivity index (χ0n) is 10.8. The number of hydrogen-bond donors (Lipinski definition) is 6. The van der Waals surface area contributed by atoms with Gasteiger partial charge in [-0.05, 0) is 0 Å². The standard InChI is InChI=1S/C3H12O6P2.6Gd.6H2O/c4-10(5,6)2-1-3-11(7,8)9;;;;;;;;;;;;/h4-9H,1-3H2;;;;;;;6*1H2/q+2;;;;;;;;;;;;. The molecule has 0 aliphatic carbocycles. The van der Waals surface area contributed by atoms with E-state index in [0.717, 1.165) is 0 Å². The molecule has 0 atom stereocenters. The summed E-state index contributed by atoms with van der Waals surface area (Å²) in [6.45, 7) is 0. The van der Waals surface area contributed by atoms with Crippen molar-refractivity contribution in [2.75, 3.05) is 12.3 Å². The van der Waals surface area contributed by atoms with Crippen LogP contribution >= 0.6 is 15.9 Å². The molecule has 0 aliphatic heterocycles. The summed E-state index contributed by atoms with van der Waals surface area (Å²) in [6, 6.07) is 0. The first-order chi connectivity index (χ1) is 4.71. The van der Waals surface area contributed by atoms with Gasteiger partial charge < -0.3 is 32.9 Å². The van der Waals surface area contributed by atoms with E-state index in [-0.39, 0.29) is 291 Å². The number of rotatable bonds is 4. The van der Waals surface area contributed by atoms with E-state index < -0.39 is 15.9 Å². The van der Waals surface area contributed by atoms with Crippen molar-refractivity contribution in [1.29, 1.82) is 0 Å². The van der Waals surface area contributed by atoms with E-state index in [1.165, 1.54) is 0 Å². The van der Waals surface area contributed by atoms with Crippen molar-refractivity contribution < 1.29 is 302 Å². The Morgan fingerprint density at radius 1 is 0.391 bits per heavy atom. The van der Waals surface area contributed by atoms with E-state index in [4.69, 9.17) is 29.4 Å². The van der Waals surface area contributed by atoms with Crippen LogP contribution in [0.25, 0.3) is 0 Å². The van der Waals surface area contributed by atoms with Crippen molar-refractivity contribution in [3.63, 3.8) is 0 Å². The summed E-state index contributed by atoms with van der Waals surface area (Å²) in [5, 5.41) is 0. The predicted octanol–water partition coefficient (Wildman–Crippen LogP) is -6.09. The molecule has 0 aromatic rings. The molecule has 0 saturated heterocycles. The molecule has 0 rings (SSSR count). The topological polar surface area (TPSA) is 310 Å². The Morgan fingerprint density at radius 2 is 0.522 bits per heavy atom. The quantitative estimate of drug-likeness (QED) is 0.149. The van der Waals surface area contributed by atoms with Crippen LogP contribution in [0.3, 0.4) is 0 Å². The van der Waals surface area contributed by atoms with Gasteiger partial charge in [-0.25, -0.2) is 0 Å². The summed E-state index contributed by atoms with van der Waals surface area (Å²) in [5.41, 5.74) is 0. The molecule has 23 heavy (non-hydrogen) atoms. The first-order valence-electron chi connectivity index (χ1n) is 2.83. The van der Waals surface area contributed by atoms with E-state index in [9.17, 15) is 0 Å². The minimum Gasteiger partial charge on any atom is -0.412 e. The molecule has 0 unspecified atom stereocenters. The molecule has 20 heteroatoms. The Kier molecular flexibility index (Phi) is 179. The fraction of sp³-hybridized carbons (Fsp3) is 1.00. The van der Waals surface area contributed by atoms with Crippen LogP contribution in [0.2, 0.25) is 0 Å². The summed E-state index contributed by atoms with van der Waals surface area (Å²) >= 11 is 0. The van der Waals surface area contributed by atoms with E-state index in [0.29, 0.717) is 0 Å². The Morgan fingerprint density at radius 3 is 0.609 bits per heavy atom. The Bertz CT molecular complexity index is 123. The first kappa shape index (κ1) is 85.8. The van der Waals surface area contributed by atoms with Gasteiger partial charge >= 0.3 is 15.9 Å². The van der Waals surface area contributed by atoms with E-state index >= 15 is 0 Å². The van der Waals surface area contributed by atoms with Gasteiger partial charge in [0.25, 0.3) is 0 Å². The van der Waals surface area contributed by atoms with Gasteiger partial charge in [-0.3, -0.25) is 0 Å². The number of hydrogen-bond acceptors (Lipinski definition) is 6. The Labute approximate surface area is 327 Å². The fourth-order valence-electron chi connectivity index (χ4n) is 0.495. The van der Waals surface area contributed by atoms with Crippen LogP contribution in [-0.4, -0.2) is 74.5 Å². The maximum atomic E-state index is 8.40. The predicted molar refractivity (Wildman–Crippen MR) is 63.2 cm³/mol. The second-order valence-electron chi connectivity index (χ2n) is 2.19. The monoisotopic (exact) mass is 1260 g/mol. The van der Waals surface area contributed by atoms with Crippen LogP contribution < -0.4 is 0 Å². The normalized spacial score (nSPS) is 6.52. The molecule has 18 N–H and O–H groups in total. The van der Waals surface area contributed by atoms with E-state index in [2.05, 4.69) is 0 Å². The Hall–Kier alpha value is 8.33. The Balaban J connectivity index is -0.00000000758. The third kappa shape index (κ3) is 91.3. The maximum Gasteiger partial charge on any atom is 0.403 e. The van der Waals surface area contributed by atoms with Crippen LogP contribution in [0.1, 0.15) is 6.42 Å². The summed E-state index contributed by atoms with van der Waals surface area (Å²) in [7, 11) is -7.63. The largest absolute Gasteiger partial charge is 0.412 e. The molecule has 0 aromatic heterocycles. The van der Waals surface area contributed by atoms with E-state index in [1.807, 2.05) is 0 Å². The van der Waals surface area contributed by atoms with E-state index in [1.54, 1.807) is 0 Å². The molecule has 0 fully saturated rings. The molecule has 0 amide bonds. The SMILES string of the molecule is O.O.O.O.O.O.O[P+](O)(O)CCC[P+](O)(O)O.[Gd].[Gd].[Gd].[Gd].[Gd].[Gd]. The van der Waals surface area contributed by atoms with Crippen molar-refractivity contribution >= 4 is 15.9 Å². The van der Waals surface area contributed by atoms with Gasteiger partial charge in [0.2, 0.25) is 0 Å². The maximum absolute atomic E-state index is 8.40. The van der Waals surface area contributed by atoms with Crippen LogP contribution in [0.5, 0.6) is 0 Å². The second-order valence-corrected chi connectivity index (χ2v) is 5.85. The zero-order chi connectivity index (χ0) is 9.12. The fourth-order valence-corrected chi connectivity index (χ4v) is 1.91. The van der Waals surface area contributed by atoms with Crippen molar-refractivity contribution in [3.05, 3.63) is 0 Å². The molecule has 0 radical (unpaired) electrons. The summed E-state index contributed by atoms with van der Waals surface area (Å²) in [5.74, 6) is 0. The van der Waals surface area contributed by atoms with Crippen LogP contribution in [0.15, 0.2) is 0 Å². The summed E-state index contributed by atoms with van der Waals surface area (Å²) in [6.07, 6.45) is -0.679. The van der Waals surface area contributed by atoms with Crippen molar-refractivity contribution in [1.82, 2.24) is 0 Å². The minimum atomic E-state index is -3.82. The summed E-state index contributed by atoms with van der Waals surface area (Å²) in [4.78, 5) is 50.4. The zero-order valence-corrected chi connectivity index (χ0v) is 26.2. The molecule has 0 spiro atoms. The van der Waals surface area contributed by atoms with Crippen LogP contribution in [0, 0.1) is 240 Å². The minimum absolute atomic E-state index is 0. The molecular weight excluding hydrogens is 1230 g/mol. The first-order valence-corrected chi connectivity index (χ1v) is 6.50. The average molecular weight is 1260 g/mol. The molecule has 0 heterocycles. The van der Waals surface area contributed by atoms with Crippen LogP contribution in [-0.2, 0) is 0 Å². The van der Waals surface area contributed by atoms with Crippen molar-refractivity contribution in [2.24, 2.45) is 0 Å². The van der Waals surface area contributed by atoms with Gasteiger partial charge in [-0.1, -0.05) is 0 Å². The molecule has 0 aromatic carbocycles. The van der Waals surface area contributed by atoms with Gasteiger partial charge in [0, 0.05) is 246 Å². The second kappa shape index (κ2) is 47.9. The molecule has 164 valence electrons. The third-order valence-electron chi connectivity index (χ3n) is 0.916. The van der Waals surface area contributed by atoms with Crippen molar-refractivity contribution in [2.45, 2.75) is 6.42 Å². The van der Waals surface area contributed by atoms with Gasteiger partial charge in [-0.2, -0.15) is 29.4 Å². The van der Waals surface area contributed by atoms with Gasteiger partial charge in [0.1, 0.15) is 12.3 Å².